The number of hydrogen-bond donors (Lipinski definition) is 2. The van der Waals surface area contributed by atoms with E-state index in [0.29, 0.717) is 29.9 Å². The summed E-state index contributed by atoms with van der Waals surface area (Å²) in [6, 6.07) is 7.45. The third-order valence-electron chi connectivity index (χ3n) is 3.74. The van der Waals surface area contributed by atoms with Gasteiger partial charge in [-0.05, 0) is 37.1 Å². The van der Waals surface area contributed by atoms with Crippen LogP contribution in [0.1, 0.15) is 18.5 Å². The molecule has 2 N–H and O–H groups in total. The molecule has 1 aromatic carbocycles. The van der Waals surface area contributed by atoms with Crippen molar-refractivity contribution in [1.82, 2.24) is 14.4 Å². The first-order chi connectivity index (χ1) is 11.6. The van der Waals surface area contributed by atoms with Gasteiger partial charge >= 0.3 is 5.97 Å². The normalized spacial score (nSPS) is 10.9. The second kappa shape index (κ2) is 6.57. The summed E-state index contributed by atoms with van der Waals surface area (Å²) >= 11 is 0. The van der Waals surface area contributed by atoms with Gasteiger partial charge in [0.05, 0.1) is 19.0 Å². The van der Waals surface area contributed by atoms with Gasteiger partial charge in [-0.1, -0.05) is 0 Å². The number of methoxy groups -OCH3 is 1. The molecule has 3 aromatic rings. The van der Waals surface area contributed by atoms with Gasteiger partial charge in [0.25, 0.3) is 0 Å². The van der Waals surface area contributed by atoms with Gasteiger partial charge in [0.1, 0.15) is 11.4 Å². The van der Waals surface area contributed by atoms with Crippen LogP contribution in [0.3, 0.4) is 0 Å². The molecule has 0 amide bonds. The molecule has 0 bridgehead atoms. The van der Waals surface area contributed by atoms with Crippen LogP contribution in [-0.4, -0.2) is 37.7 Å². The van der Waals surface area contributed by atoms with Crippen LogP contribution in [0.5, 0.6) is 11.6 Å². The number of ether oxygens (including phenoxy) is 1. The van der Waals surface area contributed by atoms with Gasteiger partial charge in [-0.25, -0.2) is 4.98 Å². The van der Waals surface area contributed by atoms with Crippen LogP contribution in [0.25, 0.3) is 16.9 Å². The van der Waals surface area contributed by atoms with E-state index >= 15 is 0 Å². The average molecular weight is 327 g/mol. The molecular weight excluding hydrogens is 310 g/mol. The van der Waals surface area contributed by atoms with Gasteiger partial charge in [0.15, 0.2) is 5.65 Å². The molecule has 2 aromatic heterocycles. The van der Waals surface area contributed by atoms with Gasteiger partial charge in [0, 0.05) is 18.2 Å². The summed E-state index contributed by atoms with van der Waals surface area (Å²) in [5, 5.41) is 19.0. The SMILES string of the molecule is COc1ccc(-c2cn3c(O)c(CCCC(=O)O)nc3cn2)cc1. The van der Waals surface area contributed by atoms with Crippen molar-refractivity contribution in [2.24, 2.45) is 0 Å². The molecule has 3 rings (SSSR count). The third-order valence-corrected chi connectivity index (χ3v) is 3.74. The fraction of sp³-hybridized carbons (Fsp3) is 0.235. The van der Waals surface area contributed by atoms with E-state index in [2.05, 4.69) is 9.97 Å². The molecule has 0 aliphatic carbocycles. The summed E-state index contributed by atoms with van der Waals surface area (Å²) in [5.74, 6) is -0.0831. The Balaban J connectivity index is 1.89. The Morgan fingerprint density at radius 1 is 1.29 bits per heavy atom. The lowest BCUT2D eigenvalue weighted by Gasteiger charge is -2.04. The lowest BCUT2D eigenvalue weighted by atomic mass is 10.1. The first-order valence-electron chi connectivity index (χ1n) is 7.50. The number of aliphatic carboxylic acids is 1. The van der Waals surface area contributed by atoms with Crippen molar-refractivity contribution < 1.29 is 19.7 Å². The van der Waals surface area contributed by atoms with E-state index in [-0.39, 0.29) is 12.3 Å². The zero-order valence-electron chi connectivity index (χ0n) is 13.1. The maximum atomic E-state index is 10.6. The highest BCUT2D eigenvalue weighted by Crippen LogP contribution is 2.25. The first-order valence-corrected chi connectivity index (χ1v) is 7.50. The minimum Gasteiger partial charge on any atom is -0.497 e. The molecule has 0 aliphatic heterocycles. The van der Waals surface area contributed by atoms with Gasteiger partial charge < -0.3 is 14.9 Å². The van der Waals surface area contributed by atoms with Crippen LogP contribution < -0.4 is 4.74 Å². The number of carbonyl (C=O) groups is 1. The van der Waals surface area contributed by atoms with Crippen molar-refractivity contribution in [3.8, 4) is 22.9 Å². The van der Waals surface area contributed by atoms with Gasteiger partial charge in [-0.3, -0.25) is 14.2 Å². The molecule has 2 heterocycles. The molecule has 0 fully saturated rings. The number of aromatic nitrogens is 3. The largest absolute Gasteiger partial charge is 0.497 e. The van der Waals surface area contributed by atoms with E-state index in [1.165, 1.54) is 0 Å². The minimum absolute atomic E-state index is 0.0209. The predicted molar refractivity (Wildman–Crippen MR) is 87.2 cm³/mol. The van der Waals surface area contributed by atoms with Crippen LogP contribution >= 0.6 is 0 Å². The van der Waals surface area contributed by atoms with E-state index in [9.17, 15) is 9.90 Å². The van der Waals surface area contributed by atoms with Crippen LogP contribution in [0.2, 0.25) is 0 Å². The Bertz CT molecular complexity index is 871. The summed E-state index contributed by atoms with van der Waals surface area (Å²) in [4.78, 5) is 19.3. The maximum Gasteiger partial charge on any atom is 0.303 e. The number of rotatable bonds is 6. The Morgan fingerprint density at radius 2 is 2.04 bits per heavy atom. The van der Waals surface area contributed by atoms with E-state index in [4.69, 9.17) is 9.84 Å². The van der Waals surface area contributed by atoms with Gasteiger partial charge in [0.2, 0.25) is 5.88 Å². The fourth-order valence-corrected chi connectivity index (χ4v) is 2.48. The summed E-state index contributed by atoms with van der Waals surface area (Å²) in [7, 11) is 1.61. The molecule has 0 spiro atoms. The van der Waals surface area contributed by atoms with Crippen LogP contribution in [0, 0.1) is 0 Å². The fourth-order valence-electron chi connectivity index (χ4n) is 2.48. The standard InChI is InChI=1S/C17H17N3O4/c1-24-12-7-5-11(6-8-12)14-10-20-15(9-18-14)19-13(17(20)23)3-2-4-16(21)22/h5-10,23H,2-4H2,1H3,(H,21,22). The number of aromatic hydroxyl groups is 1. The molecule has 0 atom stereocenters. The number of imidazole rings is 1. The van der Waals surface area contributed by atoms with Crippen molar-refractivity contribution in [3.05, 3.63) is 42.4 Å². The number of benzene rings is 1. The monoisotopic (exact) mass is 327 g/mol. The summed E-state index contributed by atoms with van der Waals surface area (Å²) in [6.45, 7) is 0. The smallest absolute Gasteiger partial charge is 0.303 e. The second-order valence-corrected chi connectivity index (χ2v) is 5.36. The van der Waals surface area contributed by atoms with Crippen molar-refractivity contribution in [2.75, 3.05) is 7.11 Å². The second-order valence-electron chi connectivity index (χ2n) is 5.36. The highest BCUT2D eigenvalue weighted by Gasteiger charge is 2.13. The van der Waals surface area contributed by atoms with Crippen molar-refractivity contribution in [1.29, 1.82) is 0 Å². The van der Waals surface area contributed by atoms with E-state index in [1.54, 1.807) is 23.9 Å². The van der Waals surface area contributed by atoms with Crippen LogP contribution in [-0.2, 0) is 11.2 Å². The molecule has 7 heteroatoms. The summed E-state index contributed by atoms with van der Waals surface area (Å²) in [5.41, 5.74) is 2.58. The predicted octanol–water partition coefficient (Wildman–Crippen LogP) is 2.52. The van der Waals surface area contributed by atoms with Crippen LogP contribution in [0.15, 0.2) is 36.7 Å². The summed E-state index contributed by atoms with van der Waals surface area (Å²) < 4.78 is 6.69. The van der Waals surface area contributed by atoms with Gasteiger partial charge in [-0.15, -0.1) is 0 Å². The summed E-state index contributed by atoms with van der Waals surface area (Å²) in [6.07, 6.45) is 4.16. The highest BCUT2D eigenvalue weighted by atomic mass is 16.5. The Kier molecular flexibility index (Phi) is 4.33. The highest BCUT2D eigenvalue weighted by molar-refractivity contribution is 5.66. The lowest BCUT2D eigenvalue weighted by molar-refractivity contribution is -0.137. The van der Waals surface area contributed by atoms with Crippen molar-refractivity contribution in [2.45, 2.75) is 19.3 Å². The lowest BCUT2D eigenvalue weighted by Crippen LogP contribution is -1.96. The molecule has 0 saturated heterocycles. The molecule has 7 nitrogen and oxygen atoms in total. The van der Waals surface area contributed by atoms with Crippen molar-refractivity contribution in [3.63, 3.8) is 0 Å². The van der Waals surface area contributed by atoms with E-state index in [0.717, 1.165) is 11.3 Å². The number of hydrogen-bond acceptors (Lipinski definition) is 5. The quantitative estimate of drug-likeness (QED) is 0.722. The maximum absolute atomic E-state index is 10.6. The number of carboxylic acids is 1. The number of aryl methyl sites for hydroxylation is 1. The Hall–Kier alpha value is -3.09. The third kappa shape index (κ3) is 3.15. The first kappa shape index (κ1) is 15.8. The zero-order valence-corrected chi connectivity index (χ0v) is 13.1. The van der Waals surface area contributed by atoms with Gasteiger partial charge in [-0.2, -0.15) is 0 Å². The minimum atomic E-state index is -0.860. The Labute approximate surface area is 138 Å². The number of fused-ring (bicyclic) bond motifs is 1. The molecule has 0 aliphatic rings. The van der Waals surface area contributed by atoms with Crippen molar-refractivity contribution >= 4 is 11.6 Å². The number of nitrogens with zero attached hydrogens (tertiary/aromatic N) is 3. The molecule has 0 radical (unpaired) electrons. The molecule has 24 heavy (non-hydrogen) atoms. The topological polar surface area (TPSA) is 97.0 Å². The number of carboxylic acid groups (broad SMARTS) is 1. The Morgan fingerprint density at radius 3 is 2.71 bits per heavy atom. The van der Waals surface area contributed by atoms with E-state index < -0.39 is 5.97 Å². The average Bonchev–Trinajstić information content (AvgIpc) is 2.90. The molecule has 124 valence electrons. The molecule has 0 unspecified atom stereocenters. The molecular formula is C17H17N3O4. The van der Waals surface area contributed by atoms with Crippen LogP contribution in [0.4, 0.5) is 0 Å². The zero-order chi connectivity index (χ0) is 17.1. The molecule has 0 saturated carbocycles. The van der Waals surface area contributed by atoms with E-state index in [1.807, 2.05) is 24.3 Å².